The van der Waals surface area contributed by atoms with Crippen molar-refractivity contribution in [3.8, 4) is 0 Å². The van der Waals surface area contributed by atoms with E-state index in [0.717, 1.165) is 76.5 Å². The molecule has 2 heterocycles. The Morgan fingerprint density at radius 3 is 2.69 bits per heavy atom. The number of aliphatic hydroxyl groups is 1. The van der Waals surface area contributed by atoms with E-state index >= 15 is 0 Å². The second-order valence-electron chi connectivity index (χ2n) is 13.1. The first-order chi connectivity index (χ1) is 16.7. The summed E-state index contributed by atoms with van der Waals surface area (Å²) in [4.78, 5) is 25.4. The molecule has 35 heavy (non-hydrogen) atoms. The van der Waals surface area contributed by atoms with Gasteiger partial charge in [-0.1, -0.05) is 13.8 Å². The summed E-state index contributed by atoms with van der Waals surface area (Å²) in [5, 5.41) is 25.6. The first-order valence-electron chi connectivity index (χ1n) is 14.0. The number of nitrogens with one attached hydrogen (secondary N) is 1. The Kier molecular flexibility index (Phi) is 5.57. The monoisotopic (exact) mass is 486 g/mol. The van der Waals surface area contributed by atoms with Gasteiger partial charge in [-0.15, -0.1) is 0 Å². The summed E-state index contributed by atoms with van der Waals surface area (Å²) in [5.74, 6) is 1.88. The van der Waals surface area contributed by atoms with Crippen LogP contribution in [0.3, 0.4) is 0 Å². The summed E-state index contributed by atoms with van der Waals surface area (Å²) in [7, 11) is 0. The molecule has 7 heteroatoms. The molecule has 2 aliphatic heterocycles. The molecule has 0 aromatic heterocycles. The van der Waals surface area contributed by atoms with Gasteiger partial charge in [0.05, 0.1) is 11.6 Å². The molecule has 7 nitrogen and oxygen atoms in total. The lowest BCUT2D eigenvalue weighted by molar-refractivity contribution is -0.207. The highest BCUT2D eigenvalue weighted by molar-refractivity contribution is 5.85. The average molecular weight is 487 g/mol. The lowest BCUT2D eigenvalue weighted by Gasteiger charge is -2.64. The Bertz CT molecular complexity index is 936. The molecule has 3 N–H and O–H groups in total. The fourth-order valence-corrected chi connectivity index (χ4v) is 10.2. The van der Waals surface area contributed by atoms with Crippen molar-refractivity contribution >= 4 is 12.1 Å². The molecule has 4 saturated carbocycles. The molecule has 1 amide bonds. The van der Waals surface area contributed by atoms with E-state index in [1.165, 1.54) is 0 Å². The number of amides is 1. The summed E-state index contributed by atoms with van der Waals surface area (Å²) < 4.78 is 5.25. The number of ether oxygens (including phenoxy) is 1. The SMILES string of the molecule is C[C@]12CCC(C3CNCCN3C(=O)O)CC1CC[C@@H]1[C@@H]2CC[C@]2(C)[C@@H](C3=CC(=O)OC3)CC[C@]12O. The van der Waals surface area contributed by atoms with Gasteiger partial charge in [0.1, 0.15) is 6.61 Å². The van der Waals surface area contributed by atoms with Gasteiger partial charge in [0.2, 0.25) is 0 Å². The first-order valence-corrected chi connectivity index (χ1v) is 14.0. The molecule has 1 saturated heterocycles. The third kappa shape index (κ3) is 3.36. The van der Waals surface area contributed by atoms with Crippen LogP contribution >= 0.6 is 0 Å². The lowest BCUT2D eigenvalue weighted by Crippen LogP contribution is -2.63. The number of cyclic esters (lactones) is 1. The van der Waals surface area contributed by atoms with E-state index in [1.54, 1.807) is 11.0 Å². The van der Waals surface area contributed by atoms with Crippen molar-refractivity contribution < 1.29 is 24.5 Å². The van der Waals surface area contributed by atoms with E-state index in [4.69, 9.17) is 4.74 Å². The maximum atomic E-state index is 12.4. The minimum atomic E-state index is -0.775. The fraction of sp³-hybridized carbons (Fsp3) is 0.857. The van der Waals surface area contributed by atoms with Crippen LogP contribution in [-0.2, 0) is 9.53 Å². The zero-order valence-corrected chi connectivity index (χ0v) is 21.3. The van der Waals surface area contributed by atoms with Gasteiger partial charge in [0, 0.05) is 31.1 Å². The lowest BCUT2D eigenvalue weighted by atomic mass is 9.42. The standard InChI is InChI=1S/C28H42N2O5/c1-26-8-5-17(23-15-29-11-12-30(23)25(32)33)13-19(26)3-4-22-21(26)6-9-27(2)20(7-10-28(22,27)34)18-14-24(31)35-16-18/h14,17,19-23,29,34H,3-13,15-16H2,1-2H3,(H,32,33)/t17?,19?,20-,21+,22-,23?,26+,27-,28+/m1/s1. The van der Waals surface area contributed by atoms with Gasteiger partial charge in [0.25, 0.3) is 0 Å². The third-order valence-corrected chi connectivity index (χ3v) is 12.1. The summed E-state index contributed by atoms with van der Waals surface area (Å²) in [6.07, 6.45) is 10.4. The molecule has 9 atom stereocenters. The van der Waals surface area contributed by atoms with E-state index in [0.29, 0.717) is 36.8 Å². The molecule has 6 rings (SSSR count). The van der Waals surface area contributed by atoms with Gasteiger partial charge in [-0.3, -0.25) is 0 Å². The van der Waals surface area contributed by atoms with Crippen LogP contribution in [-0.4, -0.2) is 65.1 Å². The van der Waals surface area contributed by atoms with Crippen molar-refractivity contribution in [1.82, 2.24) is 10.2 Å². The number of carbonyl (C=O) groups excluding carboxylic acids is 1. The van der Waals surface area contributed by atoms with Gasteiger partial charge in [-0.25, -0.2) is 9.59 Å². The Morgan fingerprint density at radius 2 is 1.94 bits per heavy atom. The topological polar surface area (TPSA) is 99.1 Å². The zero-order chi connectivity index (χ0) is 24.6. The maximum Gasteiger partial charge on any atom is 0.407 e. The largest absolute Gasteiger partial charge is 0.465 e. The Labute approximate surface area is 208 Å². The molecule has 6 aliphatic rings. The Morgan fingerprint density at radius 1 is 1.11 bits per heavy atom. The summed E-state index contributed by atoms with van der Waals surface area (Å²) in [6.45, 7) is 7.27. The van der Waals surface area contributed by atoms with Crippen LogP contribution in [0.25, 0.3) is 0 Å². The predicted molar refractivity (Wildman–Crippen MR) is 131 cm³/mol. The Balaban J connectivity index is 1.22. The van der Waals surface area contributed by atoms with Gasteiger partial charge in [-0.2, -0.15) is 0 Å². The number of rotatable bonds is 2. The number of nitrogens with zero attached hydrogens (tertiary/aromatic N) is 1. The number of carboxylic acid groups (broad SMARTS) is 1. The van der Waals surface area contributed by atoms with E-state index < -0.39 is 11.7 Å². The first kappa shape index (κ1) is 23.8. The quantitative estimate of drug-likeness (QED) is 0.514. The highest BCUT2D eigenvalue weighted by atomic mass is 16.5. The third-order valence-electron chi connectivity index (χ3n) is 12.1. The van der Waals surface area contributed by atoms with Crippen molar-refractivity contribution in [1.29, 1.82) is 0 Å². The van der Waals surface area contributed by atoms with Crippen LogP contribution < -0.4 is 5.32 Å². The van der Waals surface area contributed by atoms with Crippen molar-refractivity contribution in [3.05, 3.63) is 11.6 Å². The molecular formula is C28H42N2O5. The second-order valence-corrected chi connectivity index (χ2v) is 13.1. The normalized spacial score (nSPS) is 49.5. The minimum absolute atomic E-state index is 0.0857. The smallest absolute Gasteiger partial charge is 0.407 e. The van der Waals surface area contributed by atoms with Crippen LogP contribution in [0, 0.1) is 40.4 Å². The average Bonchev–Trinajstić information content (AvgIpc) is 3.38. The molecule has 0 spiro atoms. The van der Waals surface area contributed by atoms with E-state index in [2.05, 4.69) is 19.2 Å². The van der Waals surface area contributed by atoms with E-state index in [1.807, 2.05) is 0 Å². The van der Waals surface area contributed by atoms with E-state index in [9.17, 15) is 19.8 Å². The van der Waals surface area contributed by atoms with Crippen LogP contribution in [0.2, 0.25) is 0 Å². The van der Waals surface area contributed by atoms with Crippen molar-refractivity contribution in [2.75, 3.05) is 26.2 Å². The highest BCUT2D eigenvalue weighted by Crippen LogP contribution is 2.70. The van der Waals surface area contributed by atoms with Gasteiger partial charge in [0.15, 0.2) is 0 Å². The molecule has 3 unspecified atom stereocenters. The molecule has 0 aromatic rings. The van der Waals surface area contributed by atoms with Gasteiger partial charge < -0.3 is 25.2 Å². The minimum Gasteiger partial charge on any atom is -0.465 e. The summed E-state index contributed by atoms with van der Waals surface area (Å²) in [5.41, 5.74) is 0.447. The molecule has 0 aromatic carbocycles. The van der Waals surface area contributed by atoms with Crippen LogP contribution in [0.15, 0.2) is 11.6 Å². The number of hydrogen-bond donors (Lipinski definition) is 3. The number of piperazine rings is 1. The number of fused-ring (bicyclic) bond motifs is 5. The van der Waals surface area contributed by atoms with Gasteiger partial charge in [-0.05, 0) is 98.4 Å². The molecule has 194 valence electrons. The second kappa shape index (κ2) is 8.20. The van der Waals surface area contributed by atoms with Crippen LogP contribution in [0.5, 0.6) is 0 Å². The summed E-state index contributed by atoms with van der Waals surface area (Å²) >= 11 is 0. The Hall–Kier alpha value is -1.60. The molecule has 4 aliphatic carbocycles. The van der Waals surface area contributed by atoms with E-state index in [-0.39, 0.29) is 28.8 Å². The maximum absolute atomic E-state index is 12.4. The highest BCUT2D eigenvalue weighted by Gasteiger charge is 2.67. The van der Waals surface area contributed by atoms with Crippen molar-refractivity contribution in [2.24, 2.45) is 40.4 Å². The fourth-order valence-electron chi connectivity index (χ4n) is 10.2. The number of hydrogen-bond acceptors (Lipinski definition) is 5. The molecule has 0 radical (unpaired) electrons. The molecule has 0 bridgehead atoms. The van der Waals surface area contributed by atoms with Crippen LogP contribution in [0.4, 0.5) is 4.79 Å². The molecule has 5 fully saturated rings. The predicted octanol–water partition coefficient (Wildman–Crippen LogP) is 3.81. The zero-order valence-electron chi connectivity index (χ0n) is 21.3. The molecular weight excluding hydrogens is 444 g/mol. The number of esters is 1. The van der Waals surface area contributed by atoms with Crippen molar-refractivity contribution in [2.45, 2.75) is 83.3 Å². The van der Waals surface area contributed by atoms with Crippen molar-refractivity contribution in [3.63, 3.8) is 0 Å². The van der Waals surface area contributed by atoms with Gasteiger partial charge >= 0.3 is 12.1 Å². The van der Waals surface area contributed by atoms with Crippen LogP contribution in [0.1, 0.15) is 71.6 Å². The summed E-state index contributed by atoms with van der Waals surface area (Å²) in [6, 6.07) is 0.0857. The number of carbonyl (C=O) groups is 2.